The molecule has 0 amide bonds. The molecule has 0 aliphatic heterocycles. The first kappa shape index (κ1) is 9.49. The lowest BCUT2D eigenvalue weighted by Crippen LogP contribution is -2.17. The van der Waals surface area contributed by atoms with Crippen molar-refractivity contribution in [2.45, 2.75) is 19.4 Å². The molecule has 0 aliphatic rings. The number of H-pyrrole nitrogens is 1. The van der Waals surface area contributed by atoms with Crippen LogP contribution in [0.3, 0.4) is 0 Å². The van der Waals surface area contributed by atoms with E-state index in [2.05, 4.69) is 16.3 Å². The zero-order chi connectivity index (χ0) is 10.1. The number of aromatic amines is 1. The van der Waals surface area contributed by atoms with E-state index in [-0.39, 0.29) is 6.04 Å². The van der Waals surface area contributed by atoms with Gasteiger partial charge < -0.3 is 5.73 Å². The second kappa shape index (κ2) is 3.59. The third-order valence-electron chi connectivity index (χ3n) is 2.12. The van der Waals surface area contributed by atoms with Gasteiger partial charge in [-0.2, -0.15) is 5.10 Å². The maximum Gasteiger partial charge on any atom is 0.0836 e. The molecule has 2 rings (SSSR count). The Morgan fingerprint density at radius 2 is 2.36 bits per heavy atom. The quantitative estimate of drug-likeness (QED) is 0.796. The smallest absolute Gasteiger partial charge is 0.0836 e. The molecule has 1 heterocycles. The molecule has 0 aliphatic carbocycles. The molecular weight excluding hydrogens is 198 g/mol. The standard InChI is InChI=1S/C10H12ClN3/c1-6(12)2-7-3-8-5-13-14-10(8)9(11)4-7/h3-6H,2,12H2,1H3,(H,13,14). The van der Waals surface area contributed by atoms with Crippen LogP contribution in [-0.4, -0.2) is 16.2 Å². The number of aromatic nitrogens is 2. The van der Waals surface area contributed by atoms with E-state index in [0.717, 1.165) is 22.9 Å². The summed E-state index contributed by atoms with van der Waals surface area (Å²) in [4.78, 5) is 0. The molecular formula is C10H12ClN3. The average Bonchev–Trinajstić information content (AvgIpc) is 2.50. The van der Waals surface area contributed by atoms with Crippen LogP contribution in [0.25, 0.3) is 10.9 Å². The maximum atomic E-state index is 6.07. The second-order valence-corrected chi connectivity index (χ2v) is 4.00. The molecule has 0 saturated heterocycles. The maximum absolute atomic E-state index is 6.07. The largest absolute Gasteiger partial charge is 0.328 e. The van der Waals surface area contributed by atoms with Crippen molar-refractivity contribution in [3.63, 3.8) is 0 Å². The van der Waals surface area contributed by atoms with E-state index in [4.69, 9.17) is 17.3 Å². The summed E-state index contributed by atoms with van der Waals surface area (Å²) in [6, 6.07) is 4.15. The minimum absolute atomic E-state index is 0.149. The number of nitrogens with two attached hydrogens (primary N) is 1. The Morgan fingerprint density at radius 3 is 3.07 bits per heavy atom. The van der Waals surface area contributed by atoms with Gasteiger partial charge in [-0.1, -0.05) is 11.6 Å². The van der Waals surface area contributed by atoms with Crippen molar-refractivity contribution in [3.8, 4) is 0 Å². The first-order valence-corrected chi connectivity index (χ1v) is 4.91. The first-order chi connectivity index (χ1) is 6.66. The van der Waals surface area contributed by atoms with Gasteiger partial charge in [0.15, 0.2) is 0 Å². The number of hydrogen-bond donors (Lipinski definition) is 2. The van der Waals surface area contributed by atoms with E-state index in [0.29, 0.717) is 5.02 Å². The highest BCUT2D eigenvalue weighted by atomic mass is 35.5. The van der Waals surface area contributed by atoms with Crippen LogP contribution in [0.1, 0.15) is 12.5 Å². The van der Waals surface area contributed by atoms with Crippen molar-refractivity contribution in [1.82, 2.24) is 10.2 Å². The topological polar surface area (TPSA) is 54.7 Å². The Kier molecular flexibility index (Phi) is 2.44. The van der Waals surface area contributed by atoms with Crippen molar-refractivity contribution in [3.05, 3.63) is 28.9 Å². The third-order valence-corrected chi connectivity index (χ3v) is 2.42. The Hall–Kier alpha value is -1.06. The predicted octanol–water partition coefficient (Wildman–Crippen LogP) is 2.11. The lowest BCUT2D eigenvalue weighted by Gasteiger charge is -2.05. The molecule has 1 unspecified atom stereocenters. The highest BCUT2D eigenvalue weighted by Crippen LogP contribution is 2.23. The number of nitrogens with zero attached hydrogens (tertiary/aromatic N) is 1. The van der Waals surface area contributed by atoms with Gasteiger partial charge in [0.1, 0.15) is 0 Å². The molecule has 1 aromatic carbocycles. The van der Waals surface area contributed by atoms with Gasteiger partial charge in [-0.25, -0.2) is 0 Å². The Balaban J connectivity index is 2.47. The van der Waals surface area contributed by atoms with Gasteiger partial charge in [0.2, 0.25) is 0 Å². The molecule has 1 aromatic heterocycles. The molecule has 3 N–H and O–H groups in total. The average molecular weight is 210 g/mol. The normalized spacial score (nSPS) is 13.4. The Morgan fingerprint density at radius 1 is 1.57 bits per heavy atom. The molecule has 4 heteroatoms. The molecule has 0 fully saturated rings. The van der Waals surface area contributed by atoms with Crippen molar-refractivity contribution < 1.29 is 0 Å². The zero-order valence-corrected chi connectivity index (χ0v) is 8.67. The second-order valence-electron chi connectivity index (χ2n) is 3.59. The summed E-state index contributed by atoms with van der Waals surface area (Å²) in [5, 5.41) is 8.54. The van der Waals surface area contributed by atoms with E-state index in [1.807, 2.05) is 13.0 Å². The summed E-state index contributed by atoms with van der Waals surface area (Å²) in [7, 11) is 0. The fraction of sp³-hybridized carbons (Fsp3) is 0.300. The summed E-state index contributed by atoms with van der Waals surface area (Å²) < 4.78 is 0. The van der Waals surface area contributed by atoms with Crippen molar-refractivity contribution in [1.29, 1.82) is 0 Å². The van der Waals surface area contributed by atoms with E-state index < -0.39 is 0 Å². The molecule has 1 atom stereocenters. The highest BCUT2D eigenvalue weighted by Gasteiger charge is 2.05. The van der Waals surface area contributed by atoms with E-state index in [1.54, 1.807) is 6.20 Å². The summed E-state index contributed by atoms with van der Waals surface area (Å²) in [5.41, 5.74) is 7.77. The summed E-state index contributed by atoms with van der Waals surface area (Å²) >= 11 is 6.07. The van der Waals surface area contributed by atoms with Crippen LogP contribution in [0.4, 0.5) is 0 Å². The Labute approximate surface area is 87.2 Å². The van der Waals surface area contributed by atoms with Gasteiger partial charge in [-0.05, 0) is 31.0 Å². The molecule has 0 bridgehead atoms. The van der Waals surface area contributed by atoms with Crippen LogP contribution in [0.5, 0.6) is 0 Å². The van der Waals surface area contributed by atoms with Crippen LogP contribution in [0.2, 0.25) is 5.02 Å². The minimum atomic E-state index is 0.149. The van der Waals surface area contributed by atoms with Gasteiger partial charge in [-0.3, -0.25) is 5.10 Å². The van der Waals surface area contributed by atoms with Crippen LogP contribution >= 0.6 is 11.6 Å². The lowest BCUT2D eigenvalue weighted by molar-refractivity contribution is 0.739. The van der Waals surface area contributed by atoms with Crippen LogP contribution in [0, 0.1) is 0 Å². The molecule has 0 saturated carbocycles. The van der Waals surface area contributed by atoms with Crippen molar-refractivity contribution in [2.75, 3.05) is 0 Å². The van der Waals surface area contributed by atoms with Gasteiger partial charge in [-0.15, -0.1) is 0 Å². The minimum Gasteiger partial charge on any atom is -0.328 e. The van der Waals surface area contributed by atoms with Gasteiger partial charge in [0, 0.05) is 11.4 Å². The number of nitrogens with one attached hydrogen (secondary N) is 1. The molecule has 0 radical (unpaired) electrons. The monoisotopic (exact) mass is 209 g/mol. The summed E-state index contributed by atoms with van der Waals surface area (Å²) in [5.74, 6) is 0. The highest BCUT2D eigenvalue weighted by molar-refractivity contribution is 6.35. The van der Waals surface area contributed by atoms with Crippen molar-refractivity contribution in [2.24, 2.45) is 5.73 Å². The third kappa shape index (κ3) is 1.74. The number of fused-ring (bicyclic) bond motifs is 1. The van der Waals surface area contributed by atoms with Gasteiger partial charge in [0.05, 0.1) is 16.7 Å². The molecule has 2 aromatic rings. The zero-order valence-electron chi connectivity index (χ0n) is 7.92. The first-order valence-electron chi connectivity index (χ1n) is 4.54. The number of hydrogen-bond acceptors (Lipinski definition) is 2. The molecule has 0 spiro atoms. The number of halogens is 1. The van der Waals surface area contributed by atoms with E-state index >= 15 is 0 Å². The number of rotatable bonds is 2. The fourth-order valence-electron chi connectivity index (χ4n) is 1.56. The van der Waals surface area contributed by atoms with Gasteiger partial charge >= 0.3 is 0 Å². The SMILES string of the molecule is CC(N)Cc1cc(Cl)c2[nH]ncc2c1. The Bertz CT molecular complexity index is 448. The van der Waals surface area contributed by atoms with Crippen LogP contribution in [-0.2, 0) is 6.42 Å². The van der Waals surface area contributed by atoms with E-state index in [1.165, 1.54) is 0 Å². The van der Waals surface area contributed by atoms with E-state index in [9.17, 15) is 0 Å². The fourth-order valence-corrected chi connectivity index (χ4v) is 1.85. The van der Waals surface area contributed by atoms with Crippen LogP contribution in [0.15, 0.2) is 18.3 Å². The number of benzene rings is 1. The summed E-state index contributed by atoms with van der Waals surface area (Å²) in [6.07, 6.45) is 2.60. The molecule has 14 heavy (non-hydrogen) atoms. The van der Waals surface area contributed by atoms with Gasteiger partial charge in [0.25, 0.3) is 0 Å². The molecule has 74 valence electrons. The summed E-state index contributed by atoms with van der Waals surface area (Å²) in [6.45, 7) is 1.98. The van der Waals surface area contributed by atoms with Crippen molar-refractivity contribution >= 4 is 22.5 Å². The molecule has 3 nitrogen and oxygen atoms in total. The lowest BCUT2D eigenvalue weighted by atomic mass is 10.1. The predicted molar refractivity (Wildman–Crippen MR) is 58.5 cm³/mol. The van der Waals surface area contributed by atoms with Crippen LogP contribution < -0.4 is 5.73 Å².